The lowest BCUT2D eigenvalue weighted by Gasteiger charge is -2.08. The summed E-state index contributed by atoms with van der Waals surface area (Å²) < 4.78 is 3.07. The number of hydrogen-bond acceptors (Lipinski definition) is 4. The molecule has 0 fully saturated rings. The fourth-order valence-electron chi connectivity index (χ4n) is 2.14. The normalized spacial score (nSPS) is 12.7. The highest BCUT2D eigenvalue weighted by atomic mass is 79.9. The van der Waals surface area contributed by atoms with Gasteiger partial charge in [0.1, 0.15) is 15.7 Å². The molecule has 0 aliphatic rings. The van der Waals surface area contributed by atoms with Crippen LogP contribution in [0, 0.1) is 0 Å². The van der Waals surface area contributed by atoms with Gasteiger partial charge >= 0.3 is 0 Å². The minimum Gasteiger partial charge on any atom is -0.328 e. The lowest BCUT2D eigenvalue weighted by Crippen LogP contribution is -2.19. The number of imidazole rings is 1. The third kappa shape index (κ3) is 3.12. The molecule has 0 aliphatic heterocycles. The number of rotatable bonds is 4. The summed E-state index contributed by atoms with van der Waals surface area (Å²) in [5.74, 6) is 0. The van der Waals surface area contributed by atoms with Crippen LogP contribution >= 0.6 is 27.7 Å². The van der Waals surface area contributed by atoms with Crippen LogP contribution < -0.4 is 5.73 Å². The summed E-state index contributed by atoms with van der Waals surface area (Å²) in [5, 5.41) is 1.87. The molecule has 108 valence electrons. The van der Waals surface area contributed by atoms with E-state index >= 15 is 0 Å². The van der Waals surface area contributed by atoms with Gasteiger partial charge in [-0.05, 0) is 58.9 Å². The predicted octanol–water partition coefficient (Wildman–Crippen LogP) is 3.53. The predicted molar refractivity (Wildman–Crippen MR) is 88.6 cm³/mol. The van der Waals surface area contributed by atoms with Gasteiger partial charge in [-0.1, -0.05) is 6.07 Å². The van der Waals surface area contributed by atoms with E-state index in [1.807, 2.05) is 43.5 Å². The molecule has 1 unspecified atom stereocenters. The maximum absolute atomic E-state index is 5.99. The Kier molecular flexibility index (Phi) is 4.28. The SMILES string of the molecule is CC(N)Cc1c(Sc2ncccc2Br)nc2ccccn12. The molecule has 0 bridgehead atoms. The van der Waals surface area contributed by atoms with E-state index in [1.54, 1.807) is 18.0 Å². The Bertz CT molecular complexity index is 769. The van der Waals surface area contributed by atoms with Crippen molar-refractivity contribution in [2.24, 2.45) is 5.73 Å². The highest BCUT2D eigenvalue weighted by Gasteiger charge is 2.16. The first kappa shape index (κ1) is 14.6. The van der Waals surface area contributed by atoms with E-state index in [0.29, 0.717) is 0 Å². The van der Waals surface area contributed by atoms with Crippen LogP contribution in [0.2, 0.25) is 0 Å². The van der Waals surface area contributed by atoms with Crippen molar-refractivity contribution < 1.29 is 0 Å². The second-order valence-electron chi connectivity index (χ2n) is 4.87. The van der Waals surface area contributed by atoms with Crippen LogP contribution in [-0.4, -0.2) is 20.4 Å². The third-order valence-electron chi connectivity index (χ3n) is 3.03. The van der Waals surface area contributed by atoms with Gasteiger partial charge in [-0.15, -0.1) is 0 Å². The summed E-state index contributed by atoms with van der Waals surface area (Å²) in [6.07, 6.45) is 4.59. The number of nitrogens with zero attached hydrogens (tertiary/aromatic N) is 3. The first-order chi connectivity index (χ1) is 10.1. The Hall–Kier alpha value is -1.37. The maximum Gasteiger partial charge on any atom is 0.138 e. The minimum atomic E-state index is 0.0802. The van der Waals surface area contributed by atoms with Gasteiger partial charge in [0.15, 0.2) is 0 Å². The number of hydrogen-bond donors (Lipinski definition) is 1. The fourth-order valence-corrected chi connectivity index (χ4v) is 3.53. The van der Waals surface area contributed by atoms with Gasteiger partial charge in [-0.3, -0.25) is 0 Å². The molecule has 0 aliphatic carbocycles. The molecule has 3 aromatic heterocycles. The lowest BCUT2D eigenvalue weighted by molar-refractivity contribution is 0.705. The maximum atomic E-state index is 5.99. The smallest absolute Gasteiger partial charge is 0.138 e. The molecule has 0 radical (unpaired) electrons. The Morgan fingerprint density at radius 3 is 2.90 bits per heavy atom. The Morgan fingerprint density at radius 2 is 2.14 bits per heavy atom. The molecule has 3 heterocycles. The summed E-state index contributed by atoms with van der Waals surface area (Å²) in [7, 11) is 0. The molecule has 21 heavy (non-hydrogen) atoms. The first-order valence-electron chi connectivity index (χ1n) is 6.65. The van der Waals surface area contributed by atoms with Crippen LogP contribution in [-0.2, 0) is 6.42 Å². The fraction of sp³-hybridized carbons (Fsp3) is 0.200. The molecule has 0 aromatic carbocycles. The molecule has 6 heteroatoms. The summed E-state index contributed by atoms with van der Waals surface area (Å²) in [4.78, 5) is 9.11. The van der Waals surface area contributed by atoms with Crippen molar-refractivity contribution >= 4 is 33.3 Å². The minimum absolute atomic E-state index is 0.0802. The van der Waals surface area contributed by atoms with Gasteiger partial charge in [-0.25, -0.2) is 9.97 Å². The van der Waals surface area contributed by atoms with E-state index < -0.39 is 0 Å². The standard InChI is InChI=1S/C15H15BrN4S/c1-10(17)9-12-15(19-13-6-2-3-8-20(12)13)21-14-11(16)5-4-7-18-14/h2-8,10H,9,17H2,1H3. The zero-order valence-corrected chi connectivity index (χ0v) is 13.9. The van der Waals surface area contributed by atoms with Crippen LogP contribution in [0.1, 0.15) is 12.6 Å². The van der Waals surface area contributed by atoms with Gasteiger partial charge in [0.2, 0.25) is 0 Å². The van der Waals surface area contributed by atoms with Crippen molar-refractivity contribution in [1.82, 2.24) is 14.4 Å². The van der Waals surface area contributed by atoms with Gasteiger partial charge < -0.3 is 10.1 Å². The zero-order chi connectivity index (χ0) is 14.8. The largest absolute Gasteiger partial charge is 0.328 e. The second-order valence-corrected chi connectivity index (χ2v) is 6.70. The van der Waals surface area contributed by atoms with Crippen LogP contribution in [0.3, 0.4) is 0 Å². The molecule has 0 amide bonds. The van der Waals surface area contributed by atoms with Gasteiger partial charge in [0, 0.05) is 24.9 Å². The molecule has 2 N–H and O–H groups in total. The summed E-state index contributed by atoms with van der Waals surface area (Å²) in [6.45, 7) is 2.01. The number of nitrogens with two attached hydrogens (primary N) is 1. The van der Waals surface area contributed by atoms with E-state index in [0.717, 1.165) is 32.3 Å². The van der Waals surface area contributed by atoms with Crippen molar-refractivity contribution in [2.75, 3.05) is 0 Å². The molecular formula is C15H15BrN4S. The van der Waals surface area contributed by atoms with Crippen LogP contribution in [0.4, 0.5) is 0 Å². The van der Waals surface area contributed by atoms with Gasteiger partial charge in [0.05, 0.1) is 10.2 Å². The molecule has 3 aromatic rings. The highest BCUT2D eigenvalue weighted by molar-refractivity contribution is 9.10. The number of halogens is 1. The second kappa shape index (κ2) is 6.17. The average Bonchev–Trinajstić information content (AvgIpc) is 2.79. The quantitative estimate of drug-likeness (QED) is 0.771. The summed E-state index contributed by atoms with van der Waals surface area (Å²) in [5.41, 5.74) is 8.05. The Morgan fingerprint density at radius 1 is 1.29 bits per heavy atom. The molecule has 0 saturated carbocycles. The molecular weight excluding hydrogens is 348 g/mol. The molecule has 3 rings (SSSR count). The third-order valence-corrected chi connectivity index (χ3v) is 4.97. The topological polar surface area (TPSA) is 56.2 Å². The molecule has 0 spiro atoms. The van der Waals surface area contributed by atoms with E-state index in [9.17, 15) is 0 Å². The monoisotopic (exact) mass is 362 g/mol. The summed E-state index contributed by atoms with van der Waals surface area (Å²) >= 11 is 5.09. The van der Waals surface area contributed by atoms with Crippen molar-refractivity contribution in [3.05, 3.63) is 52.9 Å². The number of pyridine rings is 2. The Labute approximate surface area is 135 Å². The molecule has 1 atom stereocenters. The van der Waals surface area contributed by atoms with Crippen LogP contribution in [0.15, 0.2) is 57.3 Å². The van der Waals surface area contributed by atoms with Gasteiger partial charge in [0.25, 0.3) is 0 Å². The Balaban J connectivity index is 2.07. The van der Waals surface area contributed by atoms with Crippen molar-refractivity contribution in [3.8, 4) is 0 Å². The number of fused-ring (bicyclic) bond motifs is 1. The van der Waals surface area contributed by atoms with Gasteiger partial charge in [-0.2, -0.15) is 0 Å². The lowest BCUT2D eigenvalue weighted by atomic mass is 10.2. The van der Waals surface area contributed by atoms with Crippen LogP contribution in [0.5, 0.6) is 0 Å². The zero-order valence-electron chi connectivity index (χ0n) is 11.5. The number of aromatic nitrogens is 3. The molecule has 4 nitrogen and oxygen atoms in total. The average molecular weight is 363 g/mol. The van der Waals surface area contributed by atoms with Crippen molar-refractivity contribution in [3.63, 3.8) is 0 Å². The molecule has 0 saturated heterocycles. The first-order valence-corrected chi connectivity index (χ1v) is 8.26. The van der Waals surface area contributed by atoms with Crippen LogP contribution in [0.25, 0.3) is 5.65 Å². The van der Waals surface area contributed by atoms with E-state index in [-0.39, 0.29) is 6.04 Å². The summed E-state index contributed by atoms with van der Waals surface area (Å²) in [6, 6.07) is 9.96. The van der Waals surface area contributed by atoms with E-state index in [1.165, 1.54) is 0 Å². The van der Waals surface area contributed by atoms with Crippen molar-refractivity contribution in [2.45, 2.75) is 29.4 Å². The van der Waals surface area contributed by atoms with E-state index in [4.69, 9.17) is 10.7 Å². The highest BCUT2D eigenvalue weighted by Crippen LogP contribution is 2.33. The van der Waals surface area contributed by atoms with E-state index in [2.05, 4.69) is 25.3 Å². The van der Waals surface area contributed by atoms with Crippen molar-refractivity contribution in [1.29, 1.82) is 0 Å².